The Kier molecular flexibility index (Phi) is 5.13. The van der Waals surface area contributed by atoms with Gasteiger partial charge in [-0.15, -0.1) is 0 Å². The van der Waals surface area contributed by atoms with Crippen LogP contribution in [0.5, 0.6) is 0 Å². The van der Waals surface area contributed by atoms with E-state index in [2.05, 4.69) is 20.8 Å². The molecule has 84 valence electrons. The van der Waals surface area contributed by atoms with Crippen molar-refractivity contribution in [1.29, 1.82) is 0 Å². The highest BCUT2D eigenvalue weighted by atomic mass is 16.4. The SMILES string of the molecule is CCC(C(=O)O)N(C)CCC(C)(C)C. The first-order valence-corrected chi connectivity index (χ1v) is 5.21. The molecular weight excluding hydrogens is 178 g/mol. The van der Waals surface area contributed by atoms with Crippen molar-refractivity contribution >= 4 is 5.97 Å². The quantitative estimate of drug-likeness (QED) is 0.741. The fourth-order valence-electron chi connectivity index (χ4n) is 1.34. The highest BCUT2D eigenvalue weighted by Gasteiger charge is 2.21. The van der Waals surface area contributed by atoms with Crippen LogP contribution in [0.2, 0.25) is 0 Å². The first-order valence-electron chi connectivity index (χ1n) is 5.21. The second kappa shape index (κ2) is 5.35. The third-order valence-electron chi connectivity index (χ3n) is 2.42. The predicted molar refractivity (Wildman–Crippen MR) is 58.4 cm³/mol. The Morgan fingerprint density at radius 2 is 1.93 bits per heavy atom. The van der Waals surface area contributed by atoms with Crippen LogP contribution in [-0.2, 0) is 4.79 Å². The number of hydrogen-bond donors (Lipinski definition) is 1. The average molecular weight is 201 g/mol. The second-order valence-corrected chi connectivity index (χ2v) is 5.05. The normalized spacial score (nSPS) is 14.4. The van der Waals surface area contributed by atoms with Gasteiger partial charge in [0.05, 0.1) is 0 Å². The van der Waals surface area contributed by atoms with Crippen molar-refractivity contribution in [3.8, 4) is 0 Å². The van der Waals surface area contributed by atoms with Crippen LogP contribution in [0.3, 0.4) is 0 Å². The molecule has 0 saturated heterocycles. The molecule has 0 aromatic heterocycles. The summed E-state index contributed by atoms with van der Waals surface area (Å²) in [7, 11) is 1.88. The summed E-state index contributed by atoms with van der Waals surface area (Å²) < 4.78 is 0. The van der Waals surface area contributed by atoms with Gasteiger partial charge in [0.1, 0.15) is 6.04 Å². The van der Waals surface area contributed by atoms with Crippen molar-refractivity contribution in [2.24, 2.45) is 5.41 Å². The Morgan fingerprint density at radius 3 is 2.21 bits per heavy atom. The number of carboxylic acids is 1. The molecule has 1 N–H and O–H groups in total. The lowest BCUT2D eigenvalue weighted by Crippen LogP contribution is -2.39. The highest BCUT2D eigenvalue weighted by molar-refractivity contribution is 5.73. The molecule has 0 rings (SSSR count). The van der Waals surface area contributed by atoms with Crippen molar-refractivity contribution in [2.45, 2.75) is 46.6 Å². The molecule has 0 radical (unpaired) electrons. The zero-order chi connectivity index (χ0) is 11.4. The van der Waals surface area contributed by atoms with E-state index in [1.54, 1.807) is 0 Å². The number of hydrogen-bond acceptors (Lipinski definition) is 2. The second-order valence-electron chi connectivity index (χ2n) is 5.05. The smallest absolute Gasteiger partial charge is 0.320 e. The zero-order valence-electron chi connectivity index (χ0n) is 10.0. The molecule has 14 heavy (non-hydrogen) atoms. The Labute approximate surface area is 87.1 Å². The first-order chi connectivity index (χ1) is 6.28. The molecule has 0 saturated carbocycles. The molecule has 0 fully saturated rings. The van der Waals surface area contributed by atoms with Gasteiger partial charge < -0.3 is 5.11 Å². The molecular formula is C11H23NO2. The van der Waals surface area contributed by atoms with E-state index in [9.17, 15) is 4.79 Å². The van der Waals surface area contributed by atoms with Gasteiger partial charge in [-0.05, 0) is 31.8 Å². The van der Waals surface area contributed by atoms with Crippen LogP contribution in [0.1, 0.15) is 40.5 Å². The lowest BCUT2D eigenvalue weighted by Gasteiger charge is -2.27. The van der Waals surface area contributed by atoms with E-state index in [-0.39, 0.29) is 11.5 Å². The van der Waals surface area contributed by atoms with E-state index in [1.165, 1.54) is 0 Å². The van der Waals surface area contributed by atoms with Crippen LogP contribution in [0.15, 0.2) is 0 Å². The number of aliphatic carboxylic acids is 1. The largest absolute Gasteiger partial charge is 0.480 e. The Balaban J connectivity index is 4.05. The molecule has 0 aromatic carbocycles. The molecule has 0 aliphatic heterocycles. The van der Waals surface area contributed by atoms with Crippen molar-refractivity contribution in [3.63, 3.8) is 0 Å². The van der Waals surface area contributed by atoms with Gasteiger partial charge in [0.15, 0.2) is 0 Å². The molecule has 0 heterocycles. The summed E-state index contributed by atoms with van der Waals surface area (Å²) in [5, 5.41) is 8.93. The lowest BCUT2D eigenvalue weighted by molar-refractivity contribution is -0.143. The standard InChI is InChI=1S/C11H23NO2/c1-6-9(10(13)14)12(5)8-7-11(2,3)4/h9H,6-8H2,1-5H3,(H,13,14). The van der Waals surface area contributed by atoms with Crippen LogP contribution in [0.4, 0.5) is 0 Å². The van der Waals surface area contributed by atoms with E-state index in [1.807, 2.05) is 18.9 Å². The van der Waals surface area contributed by atoms with Crippen molar-refractivity contribution in [1.82, 2.24) is 4.90 Å². The molecule has 1 atom stereocenters. The van der Waals surface area contributed by atoms with E-state index in [0.29, 0.717) is 6.42 Å². The van der Waals surface area contributed by atoms with Crippen LogP contribution in [-0.4, -0.2) is 35.6 Å². The number of likely N-dealkylation sites (N-methyl/N-ethyl adjacent to an activating group) is 1. The van der Waals surface area contributed by atoms with Gasteiger partial charge in [-0.2, -0.15) is 0 Å². The lowest BCUT2D eigenvalue weighted by atomic mass is 9.92. The summed E-state index contributed by atoms with van der Waals surface area (Å²) in [6.45, 7) is 9.26. The van der Waals surface area contributed by atoms with Gasteiger partial charge in [0, 0.05) is 0 Å². The minimum absolute atomic E-state index is 0.269. The summed E-state index contributed by atoms with van der Waals surface area (Å²) in [5.74, 6) is -0.719. The summed E-state index contributed by atoms with van der Waals surface area (Å²) in [6, 6.07) is -0.336. The van der Waals surface area contributed by atoms with Gasteiger partial charge in [0.2, 0.25) is 0 Å². The minimum atomic E-state index is -0.719. The molecule has 0 aliphatic rings. The number of carboxylic acid groups (broad SMARTS) is 1. The van der Waals surface area contributed by atoms with Gasteiger partial charge in [-0.1, -0.05) is 27.7 Å². The van der Waals surface area contributed by atoms with Crippen LogP contribution in [0.25, 0.3) is 0 Å². The van der Waals surface area contributed by atoms with Crippen LogP contribution >= 0.6 is 0 Å². The maximum Gasteiger partial charge on any atom is 0.320 e. The topological polar surface area (TPSA) is 40.5 Å². The molecule has 0 spiro atoms. The fraction of sp³-hybridized carbons (Fsp3) is 0.909. The maximum absolute atomic E-state index is 10.9. The zero-order valence-corrected chi connectivity index (χ0v) is 10.0. The van der Waals surface area contributed by atoms with Crippen LogP contribution in [0, 0.1) is 5.41 Å². The molecule has 1 unspecified atom stereocenters. The molecule has 0 bridgehead atoms. The molecule has 0 amide bonds. The number of rotatable bonds is 5. The summed E-state index contributed by atoms with van der Waals surface area (Å²) >= 11 is 0. The maximum atomic E-state index is 10.9. The number of carbonyl (C=O) groups is 1. The molecule has 0 aromatic rings. The van der Waals surface area contributed by atoms with E-state index in [0.717, 1.165) is 13.0 Å². The van der Waals surface area contributed by atoms with Crippen LogP contribution < -0.4 is 0 Å². The predicted octanol–water partition coefficient (Wildman–Crippen LogP) is 2.22. The Morgan fingerprint density at radius 1 is 1.43 bits per heavy atom. The molecule has 0 aliphatic carbocycles. The number of nitrogens with zero attached hydrogens (tertiary/aromatic N) is 1. The van der Waals surface area contributed by atoms with E-state index in [4.69, 9.17) is 5.11 Å². The third-order valence-corrected chi connectivity index (χ3v) is 2.42. The Hall–Kier alpha value is -0.570. The summed E-state index contributed by atoms with van der Waals surface area (Å²) in [4.78, 5) is 12.8. The summed E-state index contributed by atoms with van der Waals surface area (Å²) in [6.07, 6.45) is 1.68. The third kappa shape index (κ3) is 5.22. The average Bonchev–Trinajstić information content (AvgIpc) is 2.00. The van der Waals surface area contributed by atoms with Gasteiger partial charge >= 0.3 is 5.97 Å². The molecule has 3 nitrogen and oxygen atoms in total. The fourth-order valence-corrected chi connectivity index (χ4v) is 1.34. The van der Waals surface area contributed by atoms with E-state index >= 15 is 0 Å². The van der Waals surface area contributed by atoms with Gasteiger partial charge in [-0.25, -0.2) is 0 Å². The monoisotopic (exact) mass is 201 g/mol. The van der Waals surface area contributed by atoms with Gasteiger partial charge in [-0.3, -0.25) is 9.69 Å². The highest BCUT2D eigenvalue weighted by Crippen LogP contribution is 2.19. The van der Waals surface area contributed by atoms with Gasteiger partial charge in [0.25, 0.3) is 0 Å². The molecule has 3 heteroatoms. The first kappa shape index (κ1) is 13.4. The van der Waals surface area contributed by atoms with Crippen molar-refractivity contribution < 1.29 is 9.90 Å². The van der Waals surface area contributed by atoms with Crippen molar-refractivity contribution in [2.75, 3.05) is 13.6 Å². The minimum Gasteiger partial charge on any atom is -0.480 e. The van der Waals surface area contributed by atoms with E-state index < -0.39 is 5.97 Å². The summed E-state index contributed by atoms with van der Waals surface area (Å²) in [5.41, 5.74) is 0.269. The van der Waals surface area contributed by atoms with Crippen molar-refractivity contribution in [3.05, 3.63) is 0 Å². The Bertz CT molecular complexity index is 184.